The Morgan fingerprint density at radius 3 is 2.58 bits per heavy atom. The molecule has 1 atom stereocenters. The van der Waals surface area contributed by atoms with E-state index in [0.717, 1.165) is 11.1 Å². The summed E-state index contributed by atoms with van der Waals surface area (Å²) >= 11 is 0. The number of carbonyl (C=O) groups excluding carboxylic acids is 2. The lowest BCUT2D eigenvalue weighted by Crippen LogP contribution is -2.31. The molecule has 102 valence electrons. The third kappa shape index (κ3) is 2.95. The third-order valence-corrected chi connectivity index (χ3v) is 3.40. The highest BCUT2D eigenvalue weighted by molar-refractivity contribution is 6.04. The lowest BCUT2D eigenvalue weighted by molar-refractivity contribution is -0.128. The van der Waals surface area contributed by atoms with E-state index >= 15 is 0 Å². The first kappa shape index (κ1) is 13.6. The Morgan fingerprint density at radius 1 is 1.26 bits per heavy atom. The number of benzene rings is 1. The van der Waals surface area contributed by atoms with Gasteiger partial charge in [-0.2, -0.15) is 0 Å². The molecule has 0 aliphatic carbocycles. The van der Waals surface area contributed by atoms with E-state index in [9.17, 15) is 9.59 Å². The number of aryl methyl sites for hydroxylation is 1. The van der Waals surface area contributed by atoms with Crippen molar-refractivity contribution in [1.82, 2.24) is 10.2 Å². The van der Waals surface area contributed by atoms with Crippen LogP contribution < -0.4 is 5.32 Å². The van der Waals surface area contributed by atoms with E-state index in [0.29, 0.717) is 18.9 Å². The Labute approximate surface area is 113 Å². The summed E-state index contributed by atoms with van der Waals surface area (Å²) in [6, 6.07) is 7.17. The van der Waals surface area contributed by atoms with Crippen LogP contribution in [0.5, 0.6) is 0 Å². The molecule has 3 amide bonds. The van der Waals surface area contributed by atoms with Crippen LogP contribution >= 0.6 is 0 Å². The Balaban J connectivity index is 2.11. The van der Waals surface area contributed by atoms with Crippen LogP contribution in [-0.4, -0.2) is 22.9 Å². The first-order chi connectivity index (χ1) is 8.99. The number of hydrogen-bond donors (Lipinski definition) is 1. The maximum Gasteiger partial charge on any atom is 0.325 e. The molecule has 4 heteroatoms. The maximum absolute atomic E-state index is 12.2. The fraction of sp³-hybridized carbons (Fsp3) is 0.467. The Kier molecular flexibility index (Phi) is 3.88. The van der Waals surface area contributed by atoms with E-state index in [2.05, 4.69) is 5.32 Å². The molecule has 0 aromatic heterocycles. The Bertz CT molecular complexity index is 497. The van der Waals surface area contributed by atoms with Gasteiger partial charge in [0.25, 0.3) is 5.91 Å². The lowest BCUT2D eigenvalue weighted by atomic mass is 10.0. The summed E-state index contributed by atoms with van der Waals surface area (Å²) in [5.41, 5.74) is 2.10. The summed E-state index contributed by atoms with van der Waals surface area (Å²) < 4.78 is 0. The summed E-state index contributed by atoms with van der Waals surface area (Å²) in [6.07, 6.45) is 0.689. The van der Waals surface area contributed by atoms with Crippen molar-refractivity contribution < 1.29 is 9.59 Å². The molecule has 19 heavy (non-hydrogen) atoms. The predicted octanol–water partition coefficient (Wildman–Crippen LogP) is 2.46. The molecule has 0 saturated carbocycles. The highest BCUT2D eigenvalue weighted by Crippen LogP contribution is 2.18. The van der Waals surface area contributed by atoms with Gasteiger partial charge in [-0.25, -0.2) is 4.79 Å². The SMILES string of the molecule is Cc1ccccc1CN1C(=O)N[C@H](CC(C)C)C1=O. The first-order valence-corrected chi connectivity index (χ1v) is 6.65. The second-order valence-corrected chi connectivity index (χ2v) is 5.48. The minimum Gasteiger partial charge on any atom is -0.326 e. The molecular weight excluding hydrogens is 240 g/mol. The molecule has 0 bridgehead atoms. The van der Waals surface area contributed by atoms with Gasteiger partial charge in [-0.15, -0.1) is 0 Å². The third-order valence-electron chi connectivity index (χ3n) is 3.40. The molecule has 2 rings (SSSR count). The zero-order chi connectivity index (χ0) is 14.0. The number of nitrogens with one attached hydrogen (secondary N) is 1. The van der Waals surface area contributed by atoms with Crippen molar-refractivity contribution in [2.45, 2.75) is 39.8 Å². The highest BCUT2D eigenvalue weighted by atomic mass is 16.2. The number of hydrogen-bond acceptors (Lipinski definition) is 2. The second kappa shape index (κ2) is 5.43. The molecular formula is C15H20N2O2. The molecule has 1 heterocycles. The Hall–Kier alpha value is -1.84. The quantitative estimate of drug-likeness (QED) is 0.845. The summed E-state index contributed by atoms with van der Waals surface area (Å²) in [6.45, 7) is 6.43. The van der Waals surface area contributed by atoms with Crippen molar-refractivity contribution >= 4 is 11.9 Å². The summed E-state index contributed by atoms with van der Waals surface area (Å²) in [4.78, 5) is 25.4. The summed E-state index contributed by atoms with van der Waals surface area (Å²) in [5.74, 6) is 0.273. The zero-order valence-electron chi connectivity index (χ0n) is 11.6. The second-order valence-electron chi connectivity index (χ2n) is 5.48. The van der Waals surface area contributed by atoms with E-state index in [1.807, 2.05) is 45.0 Å². The Morgan fingerprint density at radius 2 is 1.95 bits per heavy atom. The van der Waals surface area contributed by atoms with Crippen molar-refractivity contribution in [3.05, 3.63) is 35.4 Å². The van der Waals surface area contributed by atoms with Gasteiger partial charge in [0.15, 0.2) is 0 Å². The standard InChI is InChI=1S/C15H20N2O2/c1-10(2)8-13-14(18)17(15(19)16-13)9-12-7-5-4-6-11(12)3/h4-7,10,13H,8-9H2,1-3H3,(H,16,19)/t13-/m1/s1. The van der Waals surface area contributed by atoms with Gasteiger partial charge in [0.05, 0.1) is 6.54 Å². The van der Waals surface area contributed by atoms with Gasteiger partial charge in [-0.1, -0.05) is 38.1 Å². The van der Waals surface area contributed by atoms with Crippen LogP contribution in [0.3, 0.4) is 0 Å². The van der Waals surface area contributed by atoms with E-state index in [-0.39, 0.29) is 18.0 Å². The number of amides is 3. The largest absolute Gasteiger partial charge is 0.326 e. The monoisotopic (exact) mass is 260 g/mol. The van der Waals surface area contributed by atoms with Gasteiger partial charge in [0, 0.05) is 0 Å². The van der Waals surface area contributed by atoms with Crippen LogP contribution in [0.15, 0.2) is 24.3 Å². The average molecular weight is 260 g/mol. The van der Waals surface area contributed by atoms with Crippen molar-refractivity contribution in [2.75, 3.05) is 0 Å². The molecule has 1 N–H and O–H groups in total. The molecule has 1 aliphatic rings. The number of rotatable bonds is 4. The van der Waals surface area contributed by atoms with E-state index in [1.165, 1.54) is 4.90 Å². The van der Waals surface area contributed by atoms with E-state index < -0.39 is 0 Å². The maximum atomic E-state index is 12.2. The van der Waals surface area contributed by atoms with Gasteiger partial charge in [0.2, 0.25) is 0 Å². The van der Waals surface area contributed by atoms with Crippen LogP contribution in [0, 0.1) is 12.8 Å². The number of nitrogens with zero attached hydrogens (tertiary/aromatic N) is 1. The van der Waals surface area contributed by atoms with Crippen LogP contribution in [0.1, 0.15) is 31.4 Å². The topological polar surface area (TPSA) is 49.4 Å². The van der Waals surface area contributed by atoms with Crippen molar-refractivity contribution in [3.63, 3.8) is 0 Å². The molecule has 1 saturated heterocycles. The first-order valence-electron chi connectivity index (χ1n) is 6.65. The molecule has 4 nitrogen and oxygen atoms in total. The average Bonchev–Trinajstić information content (AvgIpc) is 2.59. The minimum atomic E-state index is -0.364. The van der Waals surface area contributed by atoms with Crippen LogP contribution in [0.25, 0.3) is 0 Å². The van der Waals surface area contributed by atoms with Crippen molar-refractivity contribution in [2.24, 2.45) is 5.92 Å². The van der Waals surface area contributed by atoms with Gasteiger partial charge in [-0.05, 0) is 30.4 Å². The van der Waals surface area contributed by atoms with E-state index in [1.54, 1.807) is 0 Å². The fourth-order valence-electron chi connectivity index (χ4n) is 2.32. The van der Waals surface area contributed by atoms with Gasteiger partial charge < -0.3 is 5.32 Å². The predicted molar refractivity (Wildman–Crippen MR) is 73.5 cm³/mol. The number of imide groups is 1. The molecule has 1 aliphatic heterocycles. The smallest absolute Gasteiger partial charge is 0.325 e. The number of carbonyl (C=O) groups is 2. The lowest BCUT2D eigenvalue weighted by Gasteiger charge is -2.15. The summed E-state index contributed by atoms with van der Waals surface area (Å²) in [7, 11) is 0. The van der Waals surface area contributed by atoms with Gasteiger partial charge >= 0.3 is 6.03 Å². The van der Waals surface area contributed by atoms with Gasteiger partial charge in [-0.3, -0.25) is 9.69 Å². The van der Waals surface area contributed by atoms with Crippen LogP contribution in [0.4, 0.5) is 4.79 Å². The summed E-state index contributed by atoms with van der Waals surface area (Å²) in [5, 5.41) is 2.76. The minimum absolute atomic E-state index is 0.109. The van der Waals surface area contributed by atoms with Crippen LogP contribution in [-0.2, 0) is 11.3 Å². The number of urea groups is 1. The fourth-order valence-corrected chi connectivity index (χ4v) is 2.32. The molecule has 0 radical (unpaired) electrons. The molecule has 0 spiro atoms. The van der Waals surface area contributed by atoms with Crippen molar-refractivity contribution in [3.8, 4) is 0 Å². The molecule has 1 aromatic rings. The zero-order valence-corrected chi connectivity index (χ0v) is 11.6. The highest BCUT2D eigenvalue weighted by Gasteiger charge is 2.37. The van der Waals surface area contributed by atoms with E-state index in [4.69, 9.17) is 0 Å². The molecule has 1 aromatic carbocycles. The molecule has 0 unspecified atom stereocenters. The normalized spacial score (nSPS) is 19.2. The molecule has 1 fully saturated rings. The van der Waals surface area contributed by atoms with Crippen molar-refractivity contribution in [1.29, 1.82) is 0 Å². The van der Waals surface area contributed by atoms with Crippen LogP contribution in [0.2, 0.25) is 0 Å². The van der Waals surface area contributed by atoms with Gasteiger partial charge in [0.1, 0.15) is 6.04 Å².